The molecule has 0 aliphatic carbocycles. The third kappa shape index (κ3) is 4.19. The lowest BCUT2D eigenvalue weighted by molar-refractivity contribution is -0.677. The van der Waals surface area contributed by atoms with E-state index in [-0.39, 0.29) is 17.2 Å². The number of thioether (sulfide) groups is 1. The fourth-order valence-corrected chi connectivity index (χ4v) is 3.95. The number of amides is 2. The van der Waals surface area contributed by atoms with E-state index in [9.17, 15) is 9.59 Å². The number of rotatable bonds is 6. The molecule has 2 heterocycles. The van der Waals surface area contributed by atoms with Crippen molar-refractivity contribution >= 4 is 58.6 Å². The molecule has 144 valence electrons. The highest BCUT2D eigenvalue weighted by molar-refractivity contribution is 7.98. The Morgan fingerprint density at radius 3 is 2.71 bits per heavy atom. The fraction of sp³-hybridized carbons (Fsp3) is 0.158. The first-order valence-corrected chi connectivity index (χ1v) is 10.1. The minimum atomic E-state index is -0.544. The molecule has 2 aromatic rings. The average Bonchev–Trinajstić information content (AvgIpc) is 2.95. The zero-order chi connectivity index (χ0) is 20.3. The van der Waals surface area contributed by atoms with Crippen LogP contribution in [-0.4, -0.2) is 32.9 Å². The summed E-state index contributed by atoms with van der Waals surface area (Å²) in [7, 11) is 1.80. The van der Waals surface area contributed by atoms with Gasteiger partial charge in [-0.25, -0.2) is 9.13 Å². The monoisotopic (exact) mass is 433 g/mol. The van der Waals surface area contributed by atoms with Crippen molar-refractivity contribution in [3.63, 3.8) is 0 Å². The van der Waals surface area contributed by atoms with Crippen LogP contribution in [0, 0.1) is 0 Å². The van der Waals surface area contributed by atoms with Gasteiger partial charge >= 0.3 is 0 Å². The number of aryl methyl sites for hydroxylation is 1. The van der Waals surface area contributed by atoms with Crippen LogP contribution in [0.1, 0.15) is 5.69 Å². The van der Waals surface area contributed by atoms with E-state index in [1.165, 1.54) is 11.0 Å². The number of aromatic nitrogens is 2. The van der Waals surface area contributed by atoms with E-state index in [2.05, 4.69) is 11.9 Å². The van der Waals surface area contributed by atoms with Crippen molar-refractivity contribution in [1.82, 2.24) is 14.8 Å². The van der Waals surface area contributed by atoms with Crippen molar-refractivity contribution in [3.8, 4) is 0 Å². The molecule has 1 aromatic carbocycles. The van der Waals surface area contributed by atoms with Gasteiger partial charge in [0.25, 0.3) is 11.8 Å². The van der Waals surface area contributed by atoms with Crippen molar-refractivity contribution in [3.05, 3.63) is 65.7 Å². The van der Waals surface area contributed by atoms with Gasteiger partial charge in [-0.05, 0) is 36.0 Å². The molecule has 0 bridgehead atoms. The predicted octanol–water partition coefficient (Wildman–Crippen LogP) is 2.53. The summed E-state index contributed by atoms with van der Waals surface area (Å²) in [4.78, 5) is 27.5. The van der Waals surface area contributed by atoms with Crippen LogP contribution in [0.15, 0.2) is 59.8 Å². The highest BCUT2D eigenvalue weighted by Gasteiger charge is 2.34. The molecule has 1 saturated heterocycles. The molecule has 1 N–H and O–H groups in total. The quantitative estimate of drug-likeness (QED) is 0.190. The van der Waals surface area contributed by atoms with Crippen LogP contribution >= 0.6 is 35.6 Å². The van der Waals surface area contributed by atoms with Crippen LogP contribution in [0.5, 0.6) is 0 Å². The summed E-state index contributed by atoms with van der Waals surface area (Å²) in [6, 6.07) is 9.92. The van der Waals surface area contributed by atoms with Crippen LogP contribution in [0.3, 0.4) is 0 Å². The average molecular weight is 434 g/mol. The summed E-state index contributed by atoms with van der Waals surface area (Å²) in [5.41, 5.74) is 0.541. The molecule has 0 spiro atoms. The Labute approximate surface area is 177 Å². The zero-order valence-electron chi connectivity index (χ0n) is 15.1. The molecule has 1 aliphatic heterocycles. The van der Waals surface area contributed by atoms with E-state index in [4.69, 9.17) is 23.8 Å². The number of carbonyl (C=O) groups is 2. The lowest BCUT2D eigenvalue weighted by Crippen LogP contribution is -2.54. The third-order valence-corrected chi connectivity index (χ3v) is 5.83. The molecule has 3 rings (SSSR count). The minimum absolute atomic E-state index is 0.0259. The summed E-state index contributed by atoms with van der Waals surface area (Å²) in [6.07, 6.45) is 4.87. The fourth-order valence-electron chi connectivity index (χ4n) is 2.65. The first kappa shape index (κ1) is 20.3. The number of carbonyl (C=O) groups excluding carboxylic acids is 2. The zero-order valence-corrected chi connectivity index (χ0v) is 17.5. The third-order valence-electron chi connectivity index (χ3n) is 4.04. The van der Waals surface area contributed by atoms with E-state index in [1.807, 2.05) is 41.2 Å². The number of hydrogen-bond acceptors (Lipinski definition) is 4. The molecule has 1 fully saturated rings. The highest BCUT2D eigenvalue weighted by Crippen LogP contribution is 2.22. The van der Waals surface area contributed by atoms with Crippen LogP contribution < -0.4 is 9.88 Å². The van der Waals surface area contributed by atoms with Gasteiger partial charge < -0.3 is 0 Å². The number of thiocarbonyl (C=S) groups is 1. The molecule has 0 saturated carbocycles. The van der Waals surface area contributed by atoms with E-state index < -0.39 is 11.8 Å². The molecule has 1 aromatic heterocycles. The molecule has 1 aliphatic rings. The molecule has 0 atom stereocenters. The Morgan fingerprint density at radius 1 is 1.32 bits per heavy atom. The SMILES string of the molecule is C=CCN1C(=O)/C(=C/c2c(Cl)n(C)c[n+]2CSc2ccccc2)C(=O)NC1=S. The Kier molecular flexibility index (Phi) is 6.33. The molecule has 2 amide bonds. The van der Waals surface area contributed by atoms with Gasteiger partial charge in [0.15, 0.2) is 10.8 Å². The van der Waals surface area contributed by atoms with Gasteiger partial charge in [0, 0.05) is 17.5 Å². The molecule has 9 heteroatoms. The van der Waals surface area contributed by atoms with Gasteiger partial charge in [-0.1, -0.05) is 36.0 Å². The van der Waals surface area contributed by atoms with Gasteiger partial charge in [-0.3, -0.25) is 19.8 Å². The molecule has 0 radical (unpaired) electrons. The number of nitrogens with one attached hydrogen (secondary N) is 1. The number of hydrogen-bond donors (Lipinski definition) is 1. The second-order valence-electron chi connectivity index (χ2n) is 5.98. The first-order chi connectivity index (χ1) is 13.4. The van der Waals surface area contributed by atoms with Crippen molar-refractivity contribution in [2.24, 2.45) is 7.05 Å². The molecular formula is C19H18ClN4O2S2+. The van der Waals surface area contributed by atoms with Crippen LogP contribution in [0.4, 0.5) is 0 Å². The maximum absolute atomic E-state index is 12.7. The largest absolute Gasteiger partial charge is 0.298 e. The number of benzene rings is 1. The van der Waals surface area contributed by atoms with Gasteiger partial charge in [0.05, 0.1) is 7.05 Å². The molecule has 28 heavy (non-hydrogen) atoms. The van der Waals surface area contributed by atoms with Gasteiger partial charge in [-0.15, -0.1) is 6.58 Å². The highest BCUT2D eigenvalue weighted by atomic mass is 35.5. The Balaban J connectivity index is 1.94. The second kappa shape index (κ2) is 8.72. The van der Waals surface area contributed by atoms with E-state index >= 15 is 0 Å². The van der Waals surface area contributed by atoms with Gasteiger partial charge in [0.2, 0.25) is 11.5 Å². The summed E-state index contributed by atoms with van der Waals surface area (Å²) in [5.74, 6) is -0.456. The summed E-state index contributed by atoms with van der Waals surface area (Å²) in [6.45, 7) is 3.83. The van der Waals surface area contributed by atoms with Crippen molar-refractivity contribution < 1.29 is 14.2 Å². The van der Waals surface area contributed by atoms with E-state index in [0.29, 0.717) is 16.7 Å². The van der Waals surface area contributed by atoms with E-state index in [0.717, 1.165) is 4.90 Å². The first-order valence-electron chi connectivity index (χ1n) is 8.34. The Morgan fingerprint density at radius 2 is 2.04 bits per heavy atom. The van der Waals surface area contributed by atoms with Gasteiger partial charge in [0.1, 0.15) is 11.4 Å². The van der Waals surface area contributed by atoms with Crippen molar-refractivity contribution in [2.45, 2.75) is 10.8 Å². The number of halogens is 1. The number of nitrogens with zero attached hydrogens (tertiary/aromatic N) is 3. The normalized spacial score (nSPS) is 15.9. The van der Waals surface area contributed by atoms with Crippen LogP contribution in [-0.2, 0) is 22.5 Å². The maximum Gasteiger partial charge on any atom is 0.266 e. The standard InChI is InChI=1S/C19H17ClN4O2S2/c1-3-9-24-18(26)14(17(25)21-19(24)27)10-15-16(20)22(2)11-23(15)12-28-13-7-5-4-6-8-13/h3-8,10-11H,1,9,12H2,2H3/p+1/b14-10+. The summed E-state index contributed by atoms with van der Waals surface area (Å²) in [5, 5.41) is 3.03. The van der Waals surface area contributed by atoms with E-state index in [1.54, 1.807) is 29.5 Å². The molecule has 0 unspecified atom stereocenters. The van der Waals surface area contributed by atoms with Crippen molar-refractivity contribution in [2.75, 3.05) is 6.54 Å². The van der Waals surface area contributed by atoms with Crippen LogP contribution in [0.25, 0.3) is 6.08 Å². The maximum atomic E-state index is 12.7. The summed E-state index contributed by atoms with van der Waals surface area (Å²) < 4.78 is 3.62. The summed E-state index contributed by atoms with van der Waals surface area (Å²) >= 11 is 13.1. The lowest BCUT2D eigenvalue weighted by atomic mass is 10.1. The Bertz CT molecular complexity index is 985. The van der Waals surface area contributed by atoms with Crippen LogP contribution in [0.2, 0.25) is 5.15 Å². The minimum Gasteiger partial charge on any atom is -0.298 e. The predicted molar refractivity (Wildman–Crippen MR) is 114 cm³/mol. The van der Waals surface area contributed by atoms with Gasteiger partial charge in [-0.2, -0.15) is 0 Å². The lowest BCUT2D eigenvalue weighted by Gasteiger charge is -2.27. The smallest absolute Gasteiger partial charge is 0.266 e. The molecule has 6 nitrogen and oxygen atoms in total. The Hall–Kier alpha value is -2.42. The number of imidazole rings is 1. The van der Waals surface area contributed by atoms with Crippen molar-refractivity contribution in [1.29, 1.82) is 0 Å². The topological polar surface area (TPSA) is 58.2 Å². The molecular weight excluding hydrogens is 416 g/mol. The second-order valence-corrected chi connectivity index (χ2v) is 7.74.